The SMILES string of the molecule is CCC1(c2ccc(OC)c(S(=O)(=O)NC(=O)c3ccc4c(-c5ccccn5)cccc4n3)c2)CCOCC1. The summed E-state index contributed by atoms with van der Waals surface area (Å²) in [7, 11) is -2.85. The number of nitrogens with zero attached hydrogens (tertiary/aromatic N) is 2. The van der Waals surface area contributed by atoms with Gasteiger partial charge in [0.25, 0.3) is 15.9 Å². The second-order valence-corrected chi connectivity index (χ2v) is 11.0. The quantitative estimate of drug-likeness (QED) is 0.362. The topological polar surface area (TPSA) is 107 Å². The highest BCUT2D eigenvalue weighted by Crippen LogP contribution is 2.40. The fourth-order valence-corrected chi connectivity index (χ4v) is 6.24. The van der Waals surface area contributed by atoms with E-state index < -0.39 is 15.9 Å². The summed E-state index contributed by atoms with van der Waals surface area (Å²) < 4.78 is 40.0. The van der Waals surface area contributed by atoms with Gasteiger partial charge in [-0.1, -0.05) is 31.2 Å². The summed E-state index contributed by atoms with van der Waals surface area (Å²) in [6.07, 6.45) is 4.14. The molecular weight excluding hydrogens is 502 g/mol. The Morgan fingerprint density at radius 3 is 2.58 bits per heavy atom. The average Bonchev–Trinajstić information content (AvgIpc) is 2.96. The first kappa shape index (κ1) is 25.8. The maximum atomic E-state index is 13.5. The summed E-state index contributed by atoms with van der Waals surface area (Å²) >= 11 is 0. The van der Waals surface area contributed by atoms with Crippen molar-refractivity contribution in [2.75, 3.05) is 20.3 Å². The van der Waals surface area contributed by atoms with Gasteiger partial charge in [-0.3, -0.25) is 9.78 Å². The van der Waals surface area contributed by atoms with E-state index in [0.717, 1.165) is 41.5 Å². The molecule has 1 aliphatic rings. The molecule has 0 unspecified atom stereocenters. The molecule has 1 amide bonds. The van der Waals surface area contributed by atoms with Crippen LogP contribution in [0.2, 0.25) is 0 Å². The van der Waals surface area contributed by atoms with Crippen LogP contribution in [0.3, 0.4) is 0 Å². The average molecular weight is 532 g/mol. The van der Waals surface area contributed by atoms with E-state index in [4.69, 9.17) is 9.47 Å². The van der Waals surface area contributed by atoms with Crippen molar-refractivity contribution in [3.05, 3.63) is 84.2 Å². The third kappa shape index (κ3) is 4.87. The van der Waals surface area contributed by atoms with Crippen LogP contribution in [-0.4, -0.2) is 44.6 Å². The van der Waals surface area contributed by atoms with Crippen molar-refractivity contribution >= 4 is 26.8 Å². The van der Waals surface area contributed by atoms with Crippen molar-refractivity contribution in [3.63, 3.8) is 0 Å². The summed E-state index contributed by atoms with van der Waals surface area (Å²) in [5.41, 5.74) is 2.90. The second-order valence-electron chi connectivity index (χ2n) is 9.33. The first-order chi connectivity index (χ1) is 18.4. The maximum absolute atomic E-state index is 13.5. The monoisotopic (exact) mass is 531 g/mol. The molecule has 0 atom stereocenters. The fourth-order valence-electron chi connectivity index (χ4n) is 5.08. The number of sulfonamides is 1. The number of carbonyl (C=O) groups excluding carboxylic acids is 1. The minimum absolute atomic E-state index is 0.0103. The van der Waals surface area contributed by atoms with Crippen LogP contribution in [0.5, 0.6) is 5.75 Å². The molecule has 8 nitrogen and oxygen atoms in total. The van der Waals surface area contributed by atoms with Gasteiger partial charge in [-0.15, -0.1) is 0 Å². The van der Waals surface area contributed by atoms with Crippen molar-refractivity contribution in [2.45, 2.75) is 36.5 Å². The Morgan fingerprint density at radius 1 is 1.05 bits per heavy atom. The Hall–Kier alpha value is -3.82. The van der Waals surface area contributed by atoms with Gasteiger partial charge in [0, 0.05) is 30.4 Å². The van der Waals surface area contributed by atoms with Crippen LogP contribution in [0, 0.1) is 0 Å². The van der Waals surface area contributed by atoms with E-state index in [0.29, 0.717) is 18.7 Å². The van der Waals surface area contributed by atoms with E-state index in [2.05, 4.69) is 21.6 Å². The van der Waals surface area contributed by atoms with E-state index in [1.807, 2.05) is 36.4 Å². The number of rotatable bonds is 7. The highest BCUT2D eigenvalue weighted by molar-refractivity contribution is 7.90. The number of hydrogen-bond acceptors (Lipinski definition) is 7. The molecule has 0 bridgehead atoms. The molecule has 3 heterocycles. The Balaban J connectivity index is 1.46. The molecule has 196 valence electrons. The smallest absolute Gasteiger partial charge is 0.283 e. The number of pyridine rings is 2. The largest absolute Gasteiger partial charge is 0.495 e. The van der Waals surface area contributed by atoms with E-state index in [9.17, 15) is 13.2 Å². The van der Waals surface area contributed by atoms with Crippen molar-refractivity contribution in [1.29, 1.82) is 0 Å². The molecule has 1 aliphatic heterocycles. The first-order valence-electron chi connectivity index (χ1n) is 12.5. The summed E-state index contributed by atoms with van der Waals surface area (Å²) in [6, 6.07) is 19.6. The van der Waals surface area contributed by atoms with E-state index >= 15 is 0 Å². The minimum atomic E-state index is -4.26. The van der Waals surface area contributed by atoms with Gasteiger partial charge in [-0.05, 0) is 72.7 Å². The lowest BCUT2D eigenvalue weighted by Gasteiger charge is -2.37. The van der Waals surface area contributed by atoms with Crippen LogP contribution in [0.25, 0.3) is 22.2 Å². The molecule has 2 aromatic heterocycles. The van der Waals surface area contributed by atoms with Gasteiger partial charge >= 0.3 is 0 Å². The van der Waals surface area contributed by atoms with Gasteiger partial charge in [0.2, 0.25) is 0 Å². The molecular formula is C29H29N3O5S. The standard InChI is InChI=1S/C29H29N3O5S/c1-3-29(14-17-37-18-15-29)20-10-13-26(36-2)27(19-20)38(34,35)32-28(33)25-12-11-22-21(7-6-9-24(22)31-25)23-8-4-5-16-30-23/h4-13,16,19H,3,14-15,17-18H2,1-2H3,(H,32,33). The minimum Gasteiger partial charge on any atom is -0.495 e. The molecule has 1 saturated heterocycles. The summed E-state index contributed by atoms with van der Waals surface area (Å²) in [5.74, 6) is -0.655. The first-order valence-corrected chi connectivity index (χ1v) is 14.0. The maximum Gasteiger partial charge on any atom is 0.283 e. The third-order valence-corrected chi connectivity index (χ3v) is 8.68. The van der Waals surface area contributed by atoms with Gasteiger partial charge in [0.05, 0.1) is 18.3 Å². The molecule has 5 rings (SSSR count). The van der Waals surface area contributed by atoms with Crippen molar-refractivity contribution in [3.8, 4) is 17.0 Å². The number of benzene rings is 2. The molecule has 0 spiro atoms. The Labute approximate surface area is 222 Å². The molecule has 38 heavy (non-hydrogen) atoms. The predicted molar refractivity (Wildman–Crippen MR) is 145 cm³/mol. The van der Waals surface area contributed by atoms with Gasteiger partial charge in [-0.2, -0.15) is 0 Å². The fraction of sp³-hybridized carbons (Fsp3) is 0.276. The second kappa shape index (κ2) is 10.5. The molecule has 0 saturated carbocycles. The molecule has 9 heteroatoms. The molecule has 1 fully saturated rings. The summed E-state index contributed by atoms with van der Waals surface area (Å²) in [5, 5.41) is 0.807. The van der Waals surface area contributed by atoms with Crippen LogP contribution in [-0.2, 0) is 20.2 Å². The Morgan fingerprint density at radius 2 is 1.87 bits per heavy atom. The normalized spacial score (nSPS) is 15.2. The van der Waals surface area contributed by atoms with Crippen LogP contribution < -0.4 is 9.46 Å². The zero-order valence-corrected chi connectivity index (χ0v) is 22.1. The predicted octanol–water partition coefficient (Wildman–Crippen LogP) is 4.88. The van der Waals surface area contributed by atoms with E-state index in [-0.39, 0.29) is 21.8 Å². The number of nitrogens with one attached hydrogen (secondary N) is 1. The van der Waals surface area contributed by atoms with Crippen LogP contribution in [0.15, 0.2) is 77.8 Å². The van der Waals surface area contributed by atoms with E-state index in [1.54, 1.807) is 30.5 Å². The Kier molecular flexibility index (Phi) is 7.14. The summed E-state index contributed by atoms with van der Waals surface area (Å²) in [4.78, 5) is 21.9. The summed E-state index contributed by atoms with van der Waals surface area (Å²) in [6.45, 7) is 3.33. The zero-order valence-electron chi connectivity index (χ0n) is 21.3. The number of fused-ring (bicyclic) bond motifs is 1. The highest BCUT2D eigenvalue weighted by Gasteiger charge is 2.35. The lowest BCUT2D eigenvalue weighted by Crippen LogP contribution is -2.34. The van der Waals surface area contributed by atoms with Crippen LogP contribution >= 0.6 is 0 Å². The molecule has 0 radical (unpaired) electrons. The lowest BCUT2D eigenvalue weighted by molar-refractivity contribution is 0.0484. The molecule has 4 aromatic rings. The van der Waals surface area contributed by atoms with Gasteiger partial charge in [0.1, 0.15) is 16.3 Å². The Bertz CT molecular complexity index is 1580. The van der Waals surface area contributed by atoms with Crippen LogP contribution in [0.1, 0.15) is 42.2 Å². The molecule has 2 aromatic carbocycles. The number of carbonyl (C=O) groups is 1. The number of aromatic nitrogens is 2. The number of amides is 1. The van der Waals surface area contributed by atoms with Gasteiger partial charge in [-0.25, -0.2) is 18.1 Å². The molecule has 0 aliphatic carbocycles. The number of methoxy groups -OCH3 is 1. The zero-order chi connectivity index (χ0) is 26.8. The van der Waals surface area contributed by atoms with Crippen molar-refractivity contribution < 1.29 is 22.7 Å². The van der Waals surface area contributed by atoms with Crippen molar-refractivity contribution in [1.82, 2.24) is 14.7 Å². The van der Waals surface area contributed by atoms with Crippen molar-refractivity contribution in [2.24, 2.45) is 0 Å². The number of ether oxygens (including phenoxy) is 2. The van der Waals surface area contributed by atoms with Gasteiger partial charge in [0.15, 0.2) is 0 Å². The lowest BCUT2D eigenvalue weighted by atomic mass is 9.72. The van der Waals surface area contributed by atoms with Gasteiger partial charge < -0.3 is 9.47 Å². The van der Waals surface area contributed by atoms with E-state index in [1.165, 1.54) is 13.2 Å². The highest BCUT2D eigenvalue weighted by atomic mass is 32.2. The third-order valence-electron chi connectivity index (χ3n) is 7.32. The number of hydrogen-bond donors (Lipinski definition) is 1. The van der Waals surface area contributed by atoms with Crippen LogP contribution in [0.4, 0.5) is 0 Å². The molecule has 1 N–H and O–H groups in total.